The van der Waals surface area contributed by atoms with Gasteiger partial charge in [-0.25, -0.2) is 0 Å². The highest BCUT2D eigenvalue weighted by atomic mass is 35.5. The van der Waals surface area contributed by atoms with Gasteiger partial charge < -0.3 is 14.6 Å². The number of aromatic hydroxyl groups is 1. The van der Waals surface area contributed by atoms with Crippen molar-refractivity contribution >= 4 is 29.3 Å². The fraction of sp³-hybridized carbons (Fsp3) is 0.480. The molecule has 0 fully saturated rings. The molecule has 0 bridgehead atoms. The van der Waals surface area contributed by atoms with Crippen LogP contribution in [-0.4, -0.2) is 30.5 Å². The van der Waals surface area contributed by atoms with Crippen molar-refractivity contribution in [2.24, 2.45) is 5.18 Å². The molecule has 0 heterocycles. The lowest BCUT2D eigenvalue weighted by atomic mass is 9.97. The monoisotopic (exact) mass is 493 g/mol. The van der Waals surface area contributed by atoms with E-state index in [2.05, 4.69) is 9.91 Å². The SMILES string of the molecule is CCCc1c(OCCCSc2ccc(CC(=O)OC)cc2Cl)ccc(C(CCC)N=O)c1O. The van der Waals surface area contributed by atoms with Gasteiger partial charge in [0.2, 0.25) is 0 Å². The molecule has 0 saturated heterocycles. The van der Waals surface area contributed by atoms with Crippen molar-refractivity contribution in [2.45, 2.75) is 63.3 Å². The summed E-state index contributed by atoms with van der Waals surface area (Å²) in [6, 6.07) is 8.62. The minimum absolute atomic E-state index is 0.126. The van der Waals surface area contributed by atoms with E-state index < -0.39 is 6.04 Å². The van der Waals surface area contributed by atoms with Crippen molar-refractivity contribution < 1.29 is 19.4 Å². The van der Waals surface area contributed by atoms with Crippen LogP contribution in [-0.2, 0) is 22.4 Å². The Bertz CT molecular complexity index is 937. The first-order valence-electron chi connectivity index (χ1n) is 11.2. The number of esters is 1. The van der Waals surface area contributed by atoms with E-state index in [0.717, 1.165) is 41.0 Å². The Labute approximate surface area is 205 Å². The number of thioether (sulfide) groups is 1. The van der Waals surface area contributed by atoms with Crippen LogP contribution in [0.5, 0.6) is 11.5 Å². The van der Waals surface area contributed by atoms with Gasteiger partial charge in [-0.3, -0.25) is 4.79 Å². The third-order valence-electron chi connectivity index (χ3n) is 5.20. The fourth-order valence-corrected chi connectivity index (χ4v) is 4.71. The van der Waals surface area contributed by atoms with E-state index in [-0.39, 0.29) is 18.1 Å². The number of benzene rings is 2. The van der Waals surface area contributed by atoms with Crippen molar-refractivity contribution in [3.8, 4) is 11.5 Å². The van der Waals surface area contributed by atoms with Crippen molar-refractivity contribution in [2.75, 3.05) is 19.5 Å². The Morgan fingerprint density at radius 1 is 1.21 bits per heavy atom. The molecule has 0 aliphatic rings. The zero-order chi connectivity index (χ0) is 24.2. The summed E-state index contributed by atoms with van der Waals surface area (Å²) in [5.41, 5.74) is 2.12. The Balaban J connectivity index is 1.94. The zero-order valence-corrected chi connectivity index (χ0v) is 21.0. The van der Waals surface area contributed by atoms with Crippen molar-refractivity contribution in [3.05, 3.63) is 57.0 Å². The second kappa shape index (κ2) is 14.1. The minimum Gasteiger partial charge on any atom is -0.507 e. The number of nitrogens with zero attached hydrogens (tertiary/aromatic N) is 1. The van der Waals surface area contributed by atoms with Crippen LogP contribution in [0.2, 0.25) is 5.02 Å². The van der Waals surface area contributed by atoms with E-state index in [0.29, 0.717) is 35.8 Å². The molecule has 0 aliphatic heterocycles. The van der Waals surface area contributed by atoms with Crippen LogP contribution in [0.3, 0.4) is 0 Å². The van der Waals surface area contributed by atoms with Crippen LogP contribution >= 0.6 is 23.4 Å². The van der Waals surface area contributed by atoms with Crippen LogP contribution in [0.25, 0.3) is 0 Å². The van der Waals surface area contributed by atoms with E-state index in [4.69, 9.17) is 16.3 Å². The highest BCUT2D eigenvalue weighted by Crippen LogP contribution is 2.38. The van der Waals surface area contributed by atoms with Crippen LogP contribution in [0.1, 0.15) is 62.3 Å². The van der Waals surface area contributed by atoms with Gasteiger partial charge in [0.05, 0.1) is 25.2 Å². The zero-order valence-electron chi connectivity index (χ0n) is 19.4. The maximum Gasteiger partial charge on any atom is 0.309 e. The predicted molar refractivity (Wildman–Crippen MR) is 134 cm³/mol. The van der Waals surface area contributed by atoms with Crippen LogP contribution in [0, 0.1) is 4.91 Å². The van der Waals surface area contributed by atoms with E-state index in [9.17, 15) is 14.8 Å². The van der Waals surface area contributed by atoms with E-state index in [1.54, 1.807) is 23.9 Å². The molecule has 0 radical (unpaired) electrons. The molecule has 33 heavy (non-hydrogen) atoms. The van der Waals surface area contributed by atoms with Crippen molar-refractivity contribution in [1.29, 1.82) is 0 Å². The highest BCUT2D eigenvalue weighted by molar-refractivity contribution is 7.99. The Morgan fingerprint density at radius 2 is 2.00 bits per heavy atom. The fourth-order valence-electron chi connectivity index (χ4n) is 3.50. The first kappa shape index (κ1) is 27.0. The maximum absolute atomic E-state index is 11.4. The van der Waals surface area contributed by atoms with Crippen molar-refractivity contribution in [3.63, 3.8) is 0 Å². The molecule has 0 aliphatic carbocycles. The largest absolute Gasteiger partial charge is 0.507 e. The average molecular weight is 494 g/mol. The molecule has 0 saturated carbocycles. The minimum atomic E-state index is -0.542. The summed E-state index contributed by atoms with van der Waals surface area (Å²) in [5, 5.41) is 14.6. The number of hydrogen-bond acceptors (Lipinski definition) is 7. The summed E-state index contributed by atoms with van der Waals surface area (Å²) >= 11 is 7.97. The summed E-state index contributed by atoms with van der Waals surface area (Å²) in [7, 11) is 1.36. The van der Waals surface area contributed by atoms with Gasteiger partial charge in [-0.15, -0.1) is 11.8 Å². The second-order valence-electron chi connectivity index (χ2n) is 7.71. The lowest BCUT2D eigenvalue weighted by Gasteiger charge is -2.17. The van der Waals surface area contributed by atoms with Gasteiger partial charge in [-0.05, 0) is 49.1 Å². The molecule has 0 aromatic heterocycles. The van der Waals surface area contributed by atoms with Gasteiger partial charge in [-0.1, -0.05) is 49.5 Å². The molecule has 180 valence electrons. The van der Waals surface area contributed by atoms with E-state index in [1.807, 2.05) is 32.0 Å². The van der Waals surface area contributed by atoms with Gasteiger partial charge in [0, 0.05) is 21.8 Å². The van der Waals surface area contributed by atoms with Crippen LogP contribution in [0.15, 0.2) is 40.4 Å². The summed E-state index contributed by atoms with van der Waals surface area (Å²) in [4.78, 5) is 23.6. The Morgan fingerprint density at radius 3 is 2.64 bits per heavy atom. The molecule has 2 aromatic rings. The number of carbonyl (C=O) groups is 1. The maximum atomic E-state index is 11.4. The third kappa shape index (κ3) is 7.93. The summed E-state index contributed by atoms with van der Waals surface area (Å²) < 4.78 is 10.7. The Kier molecular flexibility index (Phi) is 11.5. The smallest absolute Gasteiger partial charge is 0.309 e. The molecule has 0 amide bonds. The normalized spacial score (nSPS) is 11.8. The number of carbonyl (C=O) groups excluding carboxylic acids is 1. The number of halogens is 1. The second-order valence-corrected chi connectivity index (χ2v) is 9.25. The van der Waals surface area contributed by atoms with E-state index in [1.165, 1.54) is 7.11 Å². The first-order chi connectivity index (χ1) is 15.9. The molecule has 1 unspecified atom stereocenters. The van der Waals surface area contributed by atoms with E-state index >= 15 is 0 Å². The topological polar surface area (TPSA) is 85.2 Å². The molecular weight excluding hydrogens is 462 g/mol. The number of nitroso groups, excluding NO2 is 1. The molecule has 2 aromatic carbocycles. The van der Waals surface area contributed by atoms with Crippen molar-refractivity contribution in [1.82, 2.24) is 0 Å². The molecule has 1 N–H and O–H groups in total. The first-order valence-corrected chi connectivity index (χ1v) is 12.6. The van der Waals surface area contributed by atoms with Crippen LogP contribution < -0.4 is 4.74 Å². The number of ether oxygens (including phenoxy) is 2. The summed E-state index contributed by atoms with van der Waals surface area (Å²) in [6.07, 6.45) is 3.91. The number of hydrogen-bond donors (Lipinski definition) is 1. The molecule has 8 heteroatoms. The number of phenols is 1. The lowest BCUT2D eigenvalue weighted by Crippen LogP contribution is -2.05. The van der Waals surface area contributed by atoms with Gasteiger partial charge in [0.25, 0.3) is 0 Å². The lowest BCUT2D eigenvalue weighted by molar-refractivity contribution is -0.139. The molecule has 2 rings (SSSR count). The number of methoxy groups -OCH3 is 1. The summed E-state index contributed by atoms with van der Waals surface area (Å²) in [5.74, 6) is 1.28. The molecule has 0 spiro atoms. The predicted octanol–water partition coefficient (Wildman–Crippen LogP) is 6.88. The van der Waals surface area contributed by atoms with Gasteiger partial charge in [0.1, 0.15) is 17.5 Å². The van der Waals surface area contributed by atoms with Gasteiger partial charge in [0.15, 0.2) is 0 Å². The molecule has 1 atom stereocenters. The third-order valence-corrected chi connectivity index (χ3v) is 6.78. The van der Waals surface area contributed by atoms with Crippen LogP contribution in [0.4, 0.5) is 0 Å². The standard InChI is InChI=1S/C25H32ClNO5S/c1-4-7-19-22(11-10-18(25(19)29)21(27-30)8-5-2)32-13-6-14-33-23-12-9-17(15-20(23)26)16-24(28)31-3/h9-12,15,21,29H,4-8,13-14,16H2,1-3H3. The molecular formula is C25H32ClNO5S. The van der Waals surface area contributed by atoms with Gasteiger partial charge >= 0.3 is 5.97 Å². The van der Waals surface area contributed by atoms with Gasteiger partial charge in [-0.2, -0.15) is 4.91 Å². The quantitative estimate of drug-likeness (QED) is 0.133. The number of phenolic OH excluding ortho intramolecular Hbond substituents is 1. The average Bonchev–Trinajstić information content (AvgIpc) is 2.80. The Hall–Kier alpha value is -2.25. The highest BCUT2D eigenvalue weighted by Gasteiger charge is 2.20. The summed E-state index contributed by atoms with van der Waals surface area (Å²) in [6.45, 7) is 4.51. The molecule has 6 nitrogen and oxygen atoms in total. The number of rotatable bonds is 14.